The van der Waals surface area contributed by atoms with E-state index in [1.165, 1.54) is 5.56 Å². The number of para-hydroxylation sites is 1. The molecule has 1 aromatic rings. The number of rotatable bonds is 4. The molecule has 2 fully saturated rings. The quantitative estimate of drug-likeness (QED) is 0.925. The molecule has 2 N–H and O–H groups in total. The summed E-state index contributed by atoms with van der Waals surface area (Å²) in [5, 5.41) is 0. The molecule has 2 aliphatic heterocycles. The lowest BCUT2D eigenvalue weighted by atomic mass is 9.91. The highest BCUT2D eigenvalue weighted by Gasteiger charge is 2.41. The Bertz CT molecular complexity index is 469. The van der Waals surface area contributed by atoms with E-state index < -0.39 is 0 Å². The van der Waals surface area contributed by atoms with E-state index in [1.54, 1.807) is 0 Å². The monoisotopic (exact) mass is 291 g/mol. The van der Waals surface area contributed by atoms with Gasteiger partial charge in [-0.2, -0.15) is 0 Å². The van der Waals surface area contributed by atoms with Crippen molar-refractivity contribution in [1.29, 1.82) is 0 Å². The van der Waals surface area contributed by atoms with Crippen LogP contribution in [0, 0.1) is 0 Å². The fourth-order valence-corrected chi connectivity index (χ4v) is 3.26. The number of hydrogen-bond acceptors (Lipinski definition) is 4. The second-order valence-corrected chi connectivity index (χ2v) is 6.36. The van der Waals surface area contributed by atoms with E-state index in [1.807, 2.05) is 25.1 Å². The third-order valence-electron chi connectivity index (χ3n) is 4.32. The van der Waals surface area contributed by atoms with Crippen LogP contribution in [0.25, 0.3) is 0 Å². The van der Waals surface area contributed by atoms with Crippen molar-refractivity contribution >= 4 is 0 Å². The number of hydrogen-bond donors (Lipinski definition) is 1. The maximum absolute atomic E-state index is 6.28. The van der Waals surface area contributed by atoms with Crippen LogP contribution in [0.3, 0.4) is 0 Å². The maximum atomic E-state index is 6.28. The van der Waals surface area contributed by atoms with Crippen LogP contribution < -0.4 is 10.5 Å². The molecule has 0 aliphatic carbocycles. The summed E-state index contributed by atoms with van der Waals surface area (Å²) >= 11 is 0. The van der Waals surface area contributed by atoms with Crippen LogP contribution in [0.4, 0.5) is 0 Å². The minimum absolute atomic E-state index is 0.112. The highest BCUT2D eigenvalue weighted by atomic mass is 16.6. The number of benzene rings is 1. The molecule has 0 aromatic heterocycles. The summed E-state index contributed by atoms with van der Waals surface area (Å²) in [6.07, 6.45) is 3.88. The van der Waals surface area contributed by atoms with E-state index in [-0.39, 0.29) is 17.7 Å². The van der Waals surface area contributed by atoms with Crippen molar-refractivity contribution in [3.05, 3.63) is 29.8 Å². The van der Waals surface area contributed by atoms with Gasteiger partial charge in [0.05, 0.1) is 18.8 Å². The molecule has 0 radical (unpaired) electrons. The Balaban J connectivity index is 1.68. The Morgan fingerprint density at radius 2 is 2.24 bits per heavy atom. The zero-order valence-electron chi connectivity index (χ0n) is 12.7. The standard InChI is InChI=1S/C17H25NO3/c1-13(18)10-14-4-2-3-5-16(14)21-15-6-8-20-17(11-15)7-9-19-12-17/h2-5,13,15H,6-12,18H2,1H3. The van der Waals surface area contributed by atoms with E-state index in [9.17, 15) is 0 Å². The van der Waals surface area contributed by atoms with E-state index in [2.05, 4.69) is 6.07 Å². The summed E-state index contributed by atoms with van der Waals surface area (Å²) in [5.41, 5.74) is 7.01. The molecule has 3 rings (SSSR count). The van der Waals surface area contributed by atoms with Crippen LogP contribution in [0.2, 0.25) is 0 Å². The minimum Gasteiger partial charge on any atom is -0.490 e. The van der Waals surface area contributed by atoms with Gasteiger partial charge in [0.2, 0.25) is 0 Å². The topological polar surface area (TPSA) is 53.7 Å². The summed E-state index contributed by atoms with van der Waals surface area (Å²) in [6.45, 7) is 4.28. The van der Waals surface area contributed by atoms with Gasteiger partial charge in [-0.05, 0) is 25.0 Å². The van der Waals surface area contributed by atoms with Crippen molar-refractivity contribution in [1.82, 2.24) is 0 Å². The third kappa shape index (κ3) is 3.57. The number of ether oxygens (including phenoxy) is 3. The molecular weight excluding hydrogens is 266 g/mol. The van der Waals surface area contributed by atoms with Gasteiger partial charge in [0, 0.05) is 31.9 Å². The minimum atomic E-state index is -0.112. The van der Waals surface area contributed by atoms with Crippen LogP contribution in [-0.2, 0) is 15.9 Å². The van der Waals surface area contributed by atoms with Crippen molar-refractivity contribution in [2.75, 3.05) is 19.8 Å². The van der Waals surface area contributed by atoms with E-state index in [4.69, 9.17) is 19.9 Å². The Hall–Kier alpha value is -1.10. The molecule has 21 heavy (non-hydrogen) atoms. The van der Waals surface area contributed by atoms with Crippen molar-refractivity contribution in [3.63, 3.8) is 0 Å². The SMILES string of the molecule is CC(N)Cc1ccccc1OC1CCOC2(CCOC2)C1. The molecule has 3 atom stereocenters. The van der Waals surface area contributed by atoms with Gasteiger partial charge < -0.3 is 19.9 Å². The van der Waals surface area contributed by atoms with Crippen molar-refractivity contribution in [3.8, 4) is 5.75 Å². The summed E-state index contributed by atoms with van der Waals surface area (Å²) in [4.78, 5) is 0. The highest BCUT2D eigenvalue weighted by molar-refractivity contribution is 5.34. The van der Waals surface area contributed by atoms with E-state index in [0.29, 0.717) is 6.61 Å². The first kappa shape index (κ1) is 14.8. The molecule has 2 saturated heterocycles. The second-order valence-electron chi connectivity index (χ2n) is 6.36. The van der Waals surface area contributed by atoms with Crippen molar-refractivity contribution < 1.29 is 14.2 Å². The normalized spacial score (nSPS) is 30.5. The fraction of sp³-hybridized carbons (Fsp3) is 0.647. The third-order valence-corrected chi connectivity index (χ3v) is 4.32. The summed E-state index contributed by atoms with van der Waals surface area (Å²) < 4.78 is 17.8. The fourth-order valence-electron chi connectivity index (χ4n) is 3.26. The van der Waals surface area contributed by atoms with Gasteiger partial charge >= 0.3 is 0 Å². The van der Waals surface area contributed by atoms with Gasteiger partial charge in [0.1, 0.15) is 11.9 Å². The average molecular weight is 291 g/mol. The Labute approximate surface area is 126 Å². The predicted molar refractivity (Wildman–Crippen MR) is 81.6 cm³/mol. The molecule has 3 unspecified atom stereocenters. The van der Waals surface area contributed by atoms with Crippen LogP contribution >= 0.6 is 0 Å². The average Bonchev–Trinajstić information content (AvgIpc) is 2.88. The zero-order chi connectivity index (χ0) is 14.7. The van der Waals surface area contributed by atoms with Crippen LogP contribution in [0.15, 0.2) is 24.3 Å². The molecule has 0 saturated carbocycles. The molecule has 4 nitrogen and oxygen atoms in total. The summed E-state index contributed by atoms with van der Waals surface area (Å²) in [6, 6.07) is 8.35. The van der Waals surface area contributed by atoms with Gasteiger partial charge in [0.25, 0.3) is 0 Å². The molecule has 0 amide bonds. The van der Waals surface area contributed by atoms with Gasteiger partial charge in [-0.1, -0.05) is 18.2 Å². The molecule has 4 heteroatoms. The van der Waals surface area contributed by atoms with E-state index >= 15 is 0 Å². The van der Waals surface area contributed by atoms with Crippen LogP contribution in [0.1, 0.15) is 31.7 Å². The lowest BCUT2D eigenvalue weighted by Crippen LogP contribution is -2.44. The van der Waals surface area contributed by atoms with Gasteiger partial charge in [-0.25, -0.2) is 0 Å². The van der Waals surface area contributed by atoms with E-state index in [0.717, 1.165) is 44.6 Å². The van der Waals surface area contributed by atoms with Gasteiger partial charge in [-0.15, -0.1) is 0 Å². The van der Waals surface area contributed by atoms with Gasteiger partial charge in [0.15, 0.2) is 0 Å². The molecule has 2 aliphatic rings. The first-order valence-electron chi connectivity index (χ1n) is 7.89. The molecule has 2 heterocycles. The molecule has 116 valence electrons. The maximum Gasteiger partial charge on any atom is 0.122 e. The Morgan fingerprint density at radius 3 is 3.00 bits per heavy atom. The highest BCUT2D eigenvalue weighted by Crippen LogP contribution is 2.35. The second kappa shape index (κ2) is 6.34. The van der Waals surface area contributed by atoms with Gasteiger partial charge in [-0.3, -0.25) is 0 Å². The molecule has 1 aromatic carbocycles. The first-order chi connectivity index (χ1) is 10.2. The summed E-state index contributed by atoms with van der Waals surface area (Å²) in [5.74, 6) is 0.968. The molecule has 1 spiro atoms. The van der Waals surface area contributed by atoms with Crippen molar-refractivity contribution in [2.24, 2.45) is 5.73 Å². The molecular formula is C17H25NO3. The first-order valence-corrected chi connectivity index (χ1v) is 7.89. The summed E-state index contributed by atoms with van der Waals surface area (Å²) in [7, 11) is 0. The smallest absolute Gasteiger partial charge is 0.122 e. The Morgan fingerprint density at radius 1 is 1.38 bits per heavy atom. The molecule has 0 bridgehead atoms. The largest absolute Gasteiger partial charge is 0.490 e. The lowest BCUT2D eigenvalue weighted by molar-refractivity contribution is -0.112. The van der Waals surface area contributed by atoms with Crippen LogP contribution in [0.5, 0.6) is 5.75 Å². The van der Waals surface area contributed by atoms with Crippen LogP contribution in [-0.4, -0.2) is 37.6 Å². The Kier molecular flexibility index (Phi) is 4.48. The number of nitrogens with two attached hydrogens (primary N) is 1. The predicted octanol–water partition coefficient (Wildman–Crippen LogP) is 2.29. The zero-order valence-corrected chi connectivity index (χ0v) is 12.7. The van der Waals surface area contributed by atoms with Crippen molar-refractivity contribution in [2.45, 2.75) is 50.4 Å². The lowest BCUT2D eigenvalue weighted by Gasteiger charge is -2.37.